The van der Waals surface area contributed by atoms with E-state index in [9.17, 15) is 14.4 Å². The Kier molecular flexibility index (Phi) is 5.84. The molecule has 1 saturated carbocycles. The van der Waals surface area contributed by atoms with E-state index >= 15 is 0 Å². The second-order valence-electron chi connectivity index (χ2n) is 8.31. The quantitative estimate of drug-likeness (QED) is 0.444. The van der Waals surface area contributed by atoms with Gasteiger partial charge in [0.1, 0.15) is 12.1 Å². The number of amides is 4. The second-order valence-corrected chi connectivity index (χ2v) is 8.31. The lowest BCUT2D eigenvalue weighted by atomic mass is 9.77. The number of carbonyl (C=O) groups excluding carboxylic acids is 3. The van der Waals surface area contributed by atoms with Gasteiger partial charge in [-0.2, -0.15) is 5.10 Å². The van der Waals surface area contributed by atoms with Gasteiger partial charge in [-0.1, -0.05) is 67.6 Å². The Balaban J connectivity index is 1.48. The van der Waals surface area contributed by atoms with Crippen molar-refractivity contribution in [2.24, 2.45) is 11.0 Å². The smallest absolute Gasteiger partial charge is 0.323 e. The zero-order chi connectivity index (χ0) is 21.8. The molecule has 0 unspecified atom stereocenters. The molecule has 2 N–H and O–H groups in total. The molecule has 4 amide bonds. The number of hydrogen-bond donors (Lipinski definition) is 2. The highest BCUT2D eigenvalue weighted by Crippen LogP contribution is 2.36. The SMILES string of the molecule is CC1CCC2(CC1)NC(=O)N(CC(=O)NN=C(c1ccccc1)c1ccccc1)C2=O. The number of rotatable bonds is 5. The Morgan fingerprint density at radius 3 is 2.13 bits per heavy atom. The fourth-order valence-corrected chi connectivity index (χ4v) is 4.20. The highest BCUT2D eigenvalue weighted by Gasteiger charge is 2.52. The van der Waals surface area contributed by atoms with Crippen LogP contribution in [-0.4, -0.2) is 40.5 Å². The van der Waals surface area contributed by atoms with Crippen LogP contribution in [0.3, 0.4) is 0 Å². The van der Waals surface area contributed by atoms with Crippen LogP contribution in [0.2, 0.25) is 0 Å². The second kappa shape index (κ2) is 8.71. The summed E-state index contributed by atoms with van der Waals surface area (Å²) in [6, 6.07) is 18.5. The van der Waals surface area contributed by atoms with Gasteiger partial charge in [0, 0.05) is 11.1 Å². The summed E-state index contributed by atoms with van der Waals surface area (Å²) < 4.78 is 0. The van der Waals surface area contributed by atoms with Gasteiger partial charge in [-0.3, -0.25) is 14.5 Å². The lowest BCUT2D eigenvalue weighted by Crippen LogP contribution is -2.49. The molecular weight excluding hydrogens is 392 g/mol. The van der Waals surface area contributed by atoms with E-state index in [0.29, 0.717) is 24.5 Å². The van der Waals surface area contributed by atoms with Crippen molar-refractivity contribution in [2.75, 3.05) is 6.54 Å². The van der Waals surface area contributed by atoms with E-state index in [-0.39, 0.29) is 12.5 Å². The molecule has 1 saturated heterocycles. The summed E-state index contributed by atoms with van der Waals surface area (Å²) in [6.45, 7) is 1.79. The first kappa shape index (κ1) is 20.8. The third-order valence-corrected chi connectivity index (χ3v) is 6.06. The van der Waals surface area contributed by atoms with Crippen molar-refractivity contribution < 1.29 is 14.4 Å². The molecule has 4 rings (SSSR count). The van der Waals surface area contributed by atoms with Crippen LogP contribution in [0, 0.1) is 5.92 Å². The normalized spacial score (nSPS) is 22.9. The summed E-state index contributed by atoms with van der Waals surface area (Å²) in [5.74, 6) is -0.291. The topological polar surface area (TPSA) is 90.9 Å². The zero-order valence-corrected chi connectivity index (χ0v) is 17.5. The molecule has 31 heavy (non-hydrogen) atoms. The summed E-state index contributed by atoms with van der Waals surface area (Å²) in [6.07, 6.45) is 2.99. The first-order valence-electron chi connectivity index (χ1n) is 10.6. The van der Waals surface area contributed by atoms with Crippen LogP contribution in [0.4, 0.5) is 4.79 Å². The average Bonchev–Trinajstić information content (AvgIpc) is 3.01. The Labute approximate surface area is 181 Å². The molecule has 1 aliphatic heterocycles. The molecule has 0 atom stereocenters. The number of carbonyl (C=O) groups is 3. The van der Waals surface area contributed by atoms with Crippen LogP contribution in [0.1, 0.15) is 43.7 Å². The van der Waals surface area contributed by atoms with E-state index in [1.165, 1.54) is 0 Å². The maximum atomic E-state index is 12.9. The van der Waals surface area contributed by atoms with Crippen LogP contribution < -0.4 is 10.7 Å². The maximum Gasteiger partial charge on any atom is 0.325 e. The van der Waals surface area contributed by atoms with Gasteiger partial charge in [-0.05, 0) is 31.6 Å². The highest BCUT2D eigenvalue weighted by atomic mass is 16.2. The van der Waals surface area contributed by atoms with Gasteiger partial charge in [-0.15, -0.1) is 0 Å². The molecule has 1 aliphatic carbocycles. The van der Waals surface area contributed by atoms with E-state index in [4.69, 9.17) is 0 Å². The van der Waals surface area contributed by atoms with Gasteiger partial charge in [0.15, 0.2) is 0 Å². The lowest BCUT2D eigenvalue weighted by Gasteiger charge is -2.33. The van der Waals surface area contributed by atoms with Crippen LogP contribution in [0.15, 0.2) is 65.8 Å². The standard InChI is InChI=1S/C24H26N4O3/c1-17-12-14-24(15-13-17)22(30)28(23(31)25-24)16-20(29)26-27-21(18-8-4-2-5-9-18)19-10-6-3-7-11-19/h2-11,17H,12-16H2,1H3,(H,25,31)(H,26,29). The monoisotopic (exact) mass is 418 g/mol. The predicted molar refractivity (Wildman–Crippen MR) is 117 cm³/mol. The van der Waals surface area contributed by atoms with Crippen molar-refractivity contribution in [2.45, 2.75) is 38.1 Å². The molecule has 2 aromatic carbocycles. The number of urea groups is 1. The van der Waals surface area contributed by atoms with Gasteiger partial charge in [-0.25, -0.2) is 10.2 Å². The number of imide groups is 1. The fraction of sp³-hybridized carbons (Fsp3) is 0.333. The number of benzene rings is 2. The third kappa shape index (κ3) is 4.35. The largest absolute Gasteiger partial charge is 0.325 e. The third-order valence-electron chi connectivity index (χ3n) is 6.06. The maximum absolute atomic E-state index is 12.9. The molecule has 0 bridgehead atoms. The van der Waals surface area contributed by atoms with E-state index < -0.39 is 17.5 Å². The van der Waals surface area contributed by atoms with Crippen LogP contribution in [0.5, 0.6) is 0 Å². The number of hydrazone groups is 1. The minimum Gasteiger partial charge on any atom is -0.323 e. The summed E-state index contributed by atoms with van der Waals surface area (Å²) in [7, 11) is 0. The zero-order valence-electron chi connectivity index (χ0n) is 17.5. The molecule has 0 radical (unpaired) electrons. The van der Waals surface area contributed by atoms with Crippen LogP contribution in [0.25, 0.3) is 0 Å². The van der Waals surface area contributed by atoms with Crippen LogP contribution >= 0.6 is 0 Å². The molecule has 2 aliphatic rings. The van der Waals surface area contributed by atoms with E-state index in [2.05, 4.69) is 22.8 Å². The van der Waals surface area contributed by atoms with Crippen molar-refractivity contribution in [3.8, 4) is 0 Å². The summed E-state index contributed by atoms with van der Waals surface area (Å²) in [5.41, 5.74) is 3.96. The molecule has 7 heteroatoms. The van der Waals surface area contributed by atoms with Crippen molar-refractivity contribution in [1.29, 1.82) is 0 Å². The first-order chi connectivity index (χ1) is 15.0. The molecule has 2 fully saturated rings. The average molecular weight is 418 g/mol. The summed E-state index contributed by atoms with van der Waals surface area (Å²) >= 11 is 0. The van der Waals surface area contributed by atoms with Gasteiger partial charge < -0.3 is 5.32 Å². The summed E-state index contributed by atoms with van der Waals surface area (Å²) in [4.78, 5) is 39.0. The molecule has 7 nitrogen and oxygen atoms in total. The molecule has 1 spiro atoms. The number of nitrogens with zero attached hydrogens (tertiary/aromatic N) is 2. The Morgan fingerprint density at radius 2 is 1.58 bits per heavy atom. The minimum atomic E-state index is -0.855. The highest BCUT2D eigenvalue weighted by molar-refractivity contribution is 6.13. The number of nitrogens with one attached hydrogen (secondary N) is 2. The first-order valence-corrected chi connectivity index (χ1v) is 10.6. The van der Waals surface area contributed by atoms with Gasteiger partial charge in [0.2, 0.25) is 0 Å². The number of hydrogen-bond acceptors (Lipinski definition) is 4. The Bertz CT molecular complexity index is 954. The van der Waals surface area contributed by atoms with Crippen molar-refractivity contribution in [1.82, 2.24) is 15.6 Å². The summed E-state index contributed by atoms with van der Waals surface area (Å²) in [5, 5.41) is 7.15. The van der Waals surface area contributed by atoms with E-state index in [1.54, 1.807) is 0 Å². The molecule has 2 aromatic rings. The lowest BCUT2D eigenvalue weighted by molar-refractivity contribution is -0.136. The molecule has 160 valence electrons. The predicted octanol–water partition coefficient (Wildman–Crippen LogP) is 3.06. The fourth-order valence-electron chi connectivity index (χ4n) is 4.20. The van der Waals surface area contributed by atoms with Gasteiger partial charge in [0.05, 0.1) is 5.71 Å². The van der Waals surface area contributed by atoms with Crippen molar-refractivity contribution in [3.63, 3.8) is 0 Å². The minimum absolute atomic E-state index is 0.310. The van der Waals surface area contributed by atoms with Crippen molar-refractivity contribution in [3.05, 3.63) is 71.8 Å². The van der Waals surface area contributed by atoms with Gasteiger partial charge in [0.25, 0.3) is 11.8 Å². The van der Waals surface area contributed by atoms with Gasteiger partial charge >= 0.3 is 6.03 Å². The molecule has 1 heterocycles. The van der Waals surface area contributed by atoms with E-state index in [1.807, 2.05) is 60.7 Å². The van der Waals surface area contributed by atoms with Crippen molar-refractivity contribution >= 4 is 23.6 Å². The molecule has 0 aromatic heterocycles. The molecular formula is C24H26N4O3. The van der Waals surface area contributed by atoms with E-state index in [0.717, 1.165) is 28.9 Å². The Morgan fingerprint density at radius 1 is 1.03 bits per heavy atom. The van der Waals surface area contributed by atoms with Crippen LogP contribution in [-0.2, 0) is 9.59 Å². The Hall–Kier alpha value is -3.48.